The quantitative estimate of drug-likeness (QED) is 0.838. The molecule has 0 aromatic carbocycles. The van der Waals surface area contributed by atoms with E-state index in [2.05, 4.69) is 34.4 Å². The molecule has 2 N–H and O–H groups in total. The van der Waals surface area contributed by atoms with Crippen LogP contribution in [0.3, 0.4) is 0 Å². The monoisotopic (exact) mass is 236 g/mol. The number of aryl methyl sites for hydroxylation is 1. The summed E-state index contributed by atoms with van der Waals surface area (Å²) in [6.45, 7) is 7.07. The number of anilines is 2. The van der Waals surface area contributed by atoms with Gasteiger partial charge in [-0.05, 0) is 27.2 Å². The molecule has 0 saturated carbocycles. The zero-order chi connectivity index (χ0) is 12.5. The van der Waals surface area contributed by atoms with Crippen LogP contribution in [-0.4, -0.2) is 35.3 Å². The Morgan fingerprint density at radius 2 is 2.29 bits per heavy atom. The van der Waals surface area contributed by atoms with E-state index in [9.17, 15) is 0 Å². The largest absolute Gasteiger partial charge is 0.376 e. The molecule has 2 unspecified atom stereocenters. The molecule has 5 heteroatoms. The van der Waals surface area contributed by atoms with Crippen LogP contribution in [0, 0.1) is 6.92 Å². The molecule has 1 aromatic heterocycles. The molecule has 94 valence electrons. The Kier molecular flexibility index (Phi) is 3.19. The van der Waals surface area contributed by atoms with Crippen molar-refractivity contribution in [1.82, 2.24) is 9.97 Å². The van der Waals surface area contributed by atoms with E-state index in [0.29, 0.717) is 5.95 Å². The lowest BCUT2D eigenvalue weighted by Crippen LogP contribution is -2.41. The standard InChI is InChI=1S/C12H20N4O/c1-8-7-14-11(13-4)15-10(8)16-12(3)5-6-17-9(12)2/h7,9H,5-6H2,1-4H3,(H2,13,14,15,16). The van der Waals surface area contributed by atoms with Crippen LogP contribution in [0.2, 0.25) is 0 Å². The zero-order valence-electron chi connectivity index (χ0n) is 10.9. The molecule has 0 spiro atoms. The number of aromatic nitrogens is 2. The van der Waals surface area contributed by atoms with Crippen LogP contribution >= 0.6 is 0 Å². The van der Waals surface area contributed by atoms with E-state index >= 15 is 0 Å². The molecule has 1 aliphatic rings. The molecule has 2 rings (SSSR count). The van der Waals surface area contributed by atoms with E-state index in [1.165, 1.54) is 0 Å². The molecule has 0 aliphatic carbocycles. The van der Waals surface area contributed by atoms with Crippen LogP contribution in [0.15, 0.2) is 6.20 Å². The topological polar surface area (TPSA) is 59.1 Å². The molecule has 5 nitrogen and oxygen atoms in total. The van der Waals surface area contributed by atoms with Gasteiger partial charge in [0.05, 0.1) is 11.6 Å². The van der Waals surface area contributed by atoms with Crippen LogP contribution < -0.4 is 10.6 Å². The smallest absolute Gasteiger partial charge is 0.224 e. The van der Waals surface area contributed by atoms with Gasteiger partial charge in [-0.3, -0.25) is 0 Å². The minimum Gasteiger partial charge on any atom is -0.376 e. The summed E-state index contributed by atoms with van der Waals surface area (Å²) >= 11 is 0. The lowest BCUT2D eigenvalue weighted by molar-refractivity contribution is 0.105. The SMILES string of the molecule is CNc1ncc(C)c(NC2(C)CCOC2C)n1. The van der Waals surface area contributed by atoms with Crippen molar-refractivity contribution in [2.24, 2.45) is 0 Å². The average molecular weight is 236 g/mol. The van der Waals surface area contributed by atoms with E-state index in [1.54, 1.807) is 0 Å². The highest BCUT2D eigenvalue weighted by Crippen LogP contribution is 2.30. The maximum absolute atomic E-state index is 5.62. The summed E-state index contributed by atoms with van der Waals surface area (Å²) in [7, 11) is 1.82. The van der Waals surface area contributed by atoms with Gasteiger partial charge in [-0.1, -0.05) is 0 Å². The van der Waals surface area contributed by atoms with Gasteiger partial charge in [0, 0.05) is 25.4 Å². The number of ether oxygens (including phenoxy) is 1. The number of nitrogens with one attached hydrogen (secondary N) is 2. The Labute approximate surface area is 102 Å². The number of hydrogen-bond donors (Lipinski definition) is 2. The van der Waals surface area contributed by atoms with Gasteiger partial charge in [0.2, 0.25) is 5.95 Å². The third kappa shape index (κ3) is 2.34. The van der Waals surface area contributed by atoms with Crippen molar-refractivity contribution >= 4 is 11.8 Å². The van der Waals surface area contributed by atoms with E-state index in [-0.39, 0.29) is 11.6 Å². The Balaban J connectivity index is 2.23. The van der Waals surface area contributed by atoms with Crippen molar-refractivity contribution in [2.75, 3.05) is 24.3 Å². The third-order valence-corrected chi connectivity index (χ3v) is 3.49. The number of rotatable bonds is 3. The summed E-state index contributed by atoms with van der Waals surface area (Å²) in [5.74, 6) is 1.51. The van der Waals surface area contributed by atoms with Gasteiger partial charge in [0.15, 0.2) is 0 Å². The van der Waals surface area contributed by atoms with Gasteiger partial charge in [0.25, 0.3) is 0 Å². The predicted octanol–water partition coefficient (Wildman–Crippen LogP) is 1.81. The summed E-state index contributed by atoms with van der Waals surface area (Å²) < 4.78 is 5.62. The first-order valence-electron chi connectivity index (χ1n) is 5.96. The second kappa shape index (κ2) is 4.49. The molecule has 17 heavy (non-hydrogen) atoms. The lowest BCUT2D eigenvalue weighted by atomic mass is 9.94. The van der Waals surface area contributed by atoms with Gasteiger partial charge in [-0.2, -0.15) is 4.98 Å². The van der Waals surface area contributed by atoms with E-state index < -0.39 is 0 Å². The number of hydrogen-bond acceptors (Lipinski definition) is 5. The molecule has 0 amide bonds. The average Bonchev–Trinajstić information content (AvgIpc) is 2.62. The number of nitrogens with zero attached hydrogens (tertiary/aromatic N) is 2. The van der Waals surface area contributed by atoms with Crippen LogP contribution in [0.25, 0.3) is 0 Å². The van der Waals surface area contributed by atoms with Gasteiger partial charge < -0.3 is 15.4 Å². The normalized spacial score (nSPS) is 28.1. The molecule has 0 bridgehead atoms. The molecule has 1 aromatic rings. The van der Waals surface area contributed by atoms with Crippen molar-refractivity contribution in [2.45, 2.75) is 38.8 Å². The molecule has 1 saturated heterocycles. The van der Waals surface area contributed by atoms with E-state index in [4.69, 9.17) is 4.74 Å². The van der Waals surface area contributed by atoms with Crippen LogP contribution in [0.1, 0.15) is 25.8 Å². The molecular weight excluding hydrogens is 216 g/mol. The maximum Gasteiger partial charge on any atom is 0.224 e. The van der Waals surface area contributed by atoms with Gasteiger partial charge in [0.1, 0.15) is 5.82 Å². The summed E-state index contributed by atoms with van der Waals surface area (Å²) in [4.78, 5) is 8.63. The molecule has 2 atom stereocenters. The van der Waals surface area contributed by atoms with Crippen LogP contribution in [0.4, 0.5) is 11.8 Å². The summed E-state index contributed by atoms with van der Waals surface area (Å²) in [5.41, 5.74) is 0.994. The predicted molar refractivity (Wildman–Crippen MR) is 68.4 cm³/mol. The van der Waals surface area contributed by atoms with E-state index in [1.807, 2.05) is 20.2 Å². The van der Waals surface area contributed by atoms with E-state index in [0.717, 1.165) is 24.4 Å². The molecule has 0 radical (unpaired) electrons. The van der Waals surface area contributed by atoms with Crippen molar-refractivity contribution in [3.63, 3.8) is 0 Å². The van der Waals surface area contributed by atoms with Crippen molar-refractivity contribution < 1.29 is 4.74 Å². The second-order valence-electron chi connectivity index (χ2n) is 4.78. The Hall–Kier alpha value is -1.36. The van der Waals surface area contributed by atoms with Crippen molar-refractivity contribution in [1.29, 1.82) is 0 Å². The van der Waals surface area contributed by atoms with Gasteiger partial charge in [-0.25, -0.2) is 4.98 Å². The Bertz CT molecular complexity index is 409. The highest BCUT2D eigenvalue weighted by molar-refractivity contribution is 5.48. The van der Waals surface area contributed by atoms with Gasteiger partial charge >= 0.3 is 0 Å². The lowest BCUT2D eigenvalue weighted by Gasteiger charge is -2.30. The van der Waals surface area contributed by atoms with Gasteiger partial charge in [-0.15, -0.1) is 0 Å². The summed E-state index contributed by atoms with van der Waals surface area (Å²) in [6.07, 6.45) is 3.01. The summed E-state index contributed by atoms with van der Waals surface area (Å²) in [6, 6.07) is 0. The molecule has 1 fully saturated rings. The fourth-order valence-corrected chi connectivity index (χ4v) is 1.96. The van der Waals surface area contributed by atoms with Crippen LogP contribution in [-0.2, 0) is 4.74 Å². The minimum absolute atomic E-state index is 0.0515. The van der Waals surface area contributed by atoms with Crippen molar-refractivity contribution in [3.8, 4) is 0 Å². The summed E-state index contributed by atoms with van der Waals surface area (Å²) in [5, 5.41) is 6.44. The first-order chi connectivity index (χ1) is 8.05. The van der Waals surface area contributed by atoms with Crippen LogP contribution in [0.5, 0.6) is 0 Å². The Morgan fingerprint density at radius 3 is 2.88 bits per heavy atom. The fourth-order valence-electron chi connectivity index (χ4n) is 1.96. The Morgan fingerprint density at radius 1 is 1.53 bits per heavy atom. The first-order valence-corrected chi connectivity index (χ1v) is 5.96. The zero-order valence-corrected chi connectivity index (χ0v) is 10.9. The maximum atomic E-state index is 5.62. The highest BCUT2D eigenvalue weighted by atomic mass is 16.5. The molecule has 1 aliphatic heterocycles. The third-order valence-electron chi connectivity index (χ3n) is 3.49. The second-order valence-corrected chi connectivity index (χ2v) is 4.78. The molecule has 2 heterocycles. The fraction of sp³-hybridized carbons (Fsp3) is 0.667. The minimum atomic E-state index is -0.0515. The molecular formula is C12H20N4O. The highest BCUT2D eigenvalue weighted by Gasteiger charge is 2.37. The van der Waals surface area contributed by atoms with Crippen molar-refractivity contribution in [3.05, 3.63) is 11.8 Å². The first kappa shape index (κ1) is 12.1.